The zero-order valence-corrected chi connectivity index (χ0v) is 18.0. The topological polar surface area (TPSA) is 76.5 Å². The maximum Gasteiger partial charge on any atom is 0.338 e. The van der Waals surface area contributed by atoms with Crippen LogP contribution in [0.1, 0.15) is 18.5 Å². The standard InChI is InChI=1S/C25H24N4O3/c1-4-15-32-24(30)21-17(2)28(3)25(31)26-23(21)20-16-29(19-13-9-6-10-14-19)27-22(20)18-11-7-5-8-12-18/h4-14,16,23H,1,15H2,2-3H3,(H,26,31)/t23-/m1/s1. The van der Waals surface area contributed by atoms with Gasteiger partial charge in [0.15, 0.2) is 0 Å². The van der Waals surface area contributed by atoms with Crippen molar-refractivity contribution >= 4 is 12.0 Å². The zero-order chi connectivity index (χ0) is 22.7. The van der Waals surface area contributed by atoms with E-state index in [4.69, 9.17) is 9.84 Å². The Morgan fingerprint density at radius 1 is 1.16 bits per heavy atom. The number of carbonyl (C=O) groups is 2. The summed E-state index contributed by atoms with van der Waals surface area (Å²) >= 11 is 0. The molecule has 0 fully saturated rings. The van der Waals surface area contributed by atoms with Gasteiger partial charge in [-0.25, -0.2) is 14.3 Å². The molecule has 1 atom stereocenters. The van der Waals surface area contributed by atoms with Gasteiger partial charge in [0, 0.05) is 30.1 Å². The molecular weight excluding hydrogens is 404 g/mol. The summed E-state index contributed by atoms with van der Waals surface area (Å²) in [6, 6.07) is 18.3. The number of amides is 2. The highest BCUT2D eigenvalue weighted by Crippen LogP contribution is 2.36. The highest BCUT2D eigenvalue weighted by Gasteiger charge is 2.37. The van der Waals surface area contributed by atoms with Crippen LogP contribution in [0.25, 0.3) is 16.9 Å². The molecule has 2 amide bonds. The van der Waals surface area contributed by atoms with Crippen molar-refractivity contribution in [1.29, 1.82) is 0 Å². The molecule has 3 aromatic rings. The molecule has 7 nitrogen and oxygen atoms in total. The Labute approximate surface area is 186 Å². The second-order valence-corrected chi connectivity index (χ2v) is 7.41. The third-order valence-corrected chi connectivity index (χ3v) is 5.43. The number of carbonyl (C=O) groups excluding carboxylic acids is 2. The van der Waals surface area contributed by atoms with E-state index in [1.54, 1.807) is 18.7 Å². The fraction of sp³-hybridized carbons (Fsp3) is 0.160. The molecule has 0 radical (unpaired) electrons. The van der Waals surface area contributed by atoms with Crippen LogP contribution in [0.5, 0.6) is 0 Å². The fourth-order valence-corrected chi connectivity index (χ4v) is 3.68. The number of allylic oxidation sites excluding steroid dienone is 1. The van der Waals surface area contributed by atoms with Crippen LogP contribution in [0.2, 0.25) is 0 Å². The molecule has 7 heteroatoms. The summed E-state index contributed by atoms with van der Waals surface area (Å²) in [5.74, 6) is -0.509. The Morgan fingerprint density at radius 2 is 1.81 bits per heavy atom. The Hall–Kier alpha value is -4.13. The predicted octanol–water partition coefficient (Wildman–Crippen LogP) is 4.24. The van der Waals surface area contributed by atoms with E-state index < -0.39 is 12.0 Å². The Morgan fingerprint density at radius 3 is 2.47 bits per heavy atom. The average Bonchev–Trinajstić information content (AvgIpc) is 3.27. The zero-order valence-electron chi connectivity index (χ0n) is 18.0. The van der Waals surface area contributed by atoms with Crippen molar-refractivity contribution in [3.63, 3.8) is 0 Å². The highest BCUT2D eigenvalue weighted by atomic mass is 16.5. The molecule has 0 unspecified atom stereocenters. The van der Waals surface area contributed by atoms with E-state index in [0.717, 1.165) is 11.3 Å². The molecule has 4 rings (SSSR count). The first-order chi connectivity index (χ1) is 15.5. The van der Waals surface area contributed by atoms with Gasteiger partial charge in [0.25, 0.3) is 0 Å². The fourth-order valence-electron chi connectivity index (χ4n) is 3.68. The second kappa shape index (κ2) is 8.93. The van der Waals surface area contributed by atoms with Crippen molar-refractivity contribution < 1.29 is 14.3 Å². The van der Waals surface area contributed by atoms with Crippen molar-refractivity contribution in [3.05, 3.63) is 96.3 Å². The monoisotopic (exact) mass is 428 g/mol. The minimum absolute atomic E-state index is 0.0782. The molecule has 2 aromatic carbocycles. The number of urea groups is 1. The van der Waals surface area contributed by atoms with E-state index in [-0.39, 0.29) is 12.6 Å². The molecule has 0 saturated carbocycles. The van der Waals surface area contributed by atoms with Crippen LogP contribution in [-0.4, -0.2) is 40.3 Å². The molecule has 162 valence electrons. The van der Waals surface area contributed by atoms with Crippen molar-refractivity contribution in [2.45, 2.75) is 13.0 Å². The van der Waals surface area contributed by atoms with Gasteiger partial charge in [-0.05, 0) is 19.1 Å². The van der Waals surface area contributed by atoms with Crippen LogP contribution < -0.4 is 5.32 Å². The van der Waals surface area contributed by atoms with Crippen molar-refractivity contribution in [2.75, 3.05) is 13.7 Å². The number of benzene rings is 2. The number of rotatable bonds is 6. The van der Waals surface area contributed by atoms with Crippen LogP contribution >= 0.6 is 0 Å². The van der Waals surface area contributed by atoms with Crippen LogP contribution in [0.15, 0.2) is 90.8 Å². The smallest absolute Gasteiger partial charge is 0.338 e. The quantitative estimate of drug-likeness (QED) is 0.471. The first kappa shape index (κ1) is 21.1. The van der Waals surface area contributed by atoms with Crippen molar-refractivity contribution in [2.24, 2.45) is 0 Å². The van der Waals surface area contributed by atoms with E-state index in [1.165, 1.54) is 11.0 Å². The lowest BCUT2D eigenvalue weighted by atomic mass is 9.93. The van der Waals surface area contributed by atoms with Gasteiger partial charge < -0.3 is 15.0 Å². The summed E-state index contributed by atoms with van der Waals surface area (Å²) in [6.07, 6.45) is 3.36. The summed E-state index contributed by atoms with van der Waals surface area (Å²) in [4.78, 5) is 27.1. The van der Waals surface area contributed by atoms with Crippen LogP contribution in [0, 0.1) is 0 Å². The first-order valence-corrected chi connectivity index (χ1v) is 10.2. The molecule has 2 heterocycles. The molecule has 0 spiro atoms. The summed E-state index contributed by atoms with van der Waals surface area (Å²) in [5, 5.41) is 7.76. The van der Waals surface area contributed by atoms with E-state index in [2.05, 4.69) is 11.9 Å². The summed E-state index contributed by atoms with van der Waals surface area (Å²) in [5.41, 5.74) is 4.00. The maximum absolute atomic E-state index is 13.0. The van der Waals surface area contributed by atoms with E-state index in [0.29, 0.717) is 22.5 Å². The SMILES string of the molecule is C=CCOC(=O)C1=C(C)N(C)C(=O)N[C@@H]1c1cn(-c2ccccc2)nc1-c1ccccc1. The molecule has 1 aliphatic heterocycles. The Bertz CT molecular complexity index is 1180. The van der Waals surface area contributed by atoms with E-state index in [1.807, 2.05) is 66.9 Å². The lowest BCUT2D eigenvalue weighted by molar-refractivity contribution is -0.138. The number of hydrogen-bond donors (Lipinski definition) is 1. The lowest BCUT2D eigenvalue weighted by Crippen LogP contribution is -2.46. The molecule has 1 aromatic heterocycles. The van der Waals surface area contributed by atoms with Gasteiger partial charge in [0.1, 0.15) is 6.61 Å². The van der Waals surface area contributed by atoms with Gasteiger partial charge in [0.2, 0.25) is 0 Å². The summed E-state index contributed by atoms with van der Waals surface area (Å²) < 4.78 is 7.11. The minimum Gasteiger partial charge on any atom is -0.458 e. The largest absolute Gasteiger partial charge is 0.458 e. The van der Waals surface area contributed by atoms with E-state index >= 15 is 0 Å². The second-order valence-electron chi connectivity index (χ2n) is 7.41. The van der Waals surface area contributed by atoms with Crippen LogP contribution in [0.3, 0.4) is 0 Å². The number of aromatic nitrogens is 2. The molecule has 32 heavy (non-hydrogen) atoms. The molecule has 1 aliphatic rings. The Kier molecular flexibility index (Phi) is 5.89. The van der Waals surface area contributed by atoms with Gasteiger partial charge in [-0.1, -0.05) is 61.2 Å². The molecule has 0 bridgehead atoms. The predicted molar refractivity (Wildman–Crippen MR) is 122 cm³/mol. The van der Waals surface area contributed by atoms with Crippen molar-refractivity contribution in [3.8, 4) is 16.9 Å². The van der Waals surface area contributed by atoms with Gasteiger partial charge in [0.05, 0.1) is 23.0 Å². The van der Waals surface area contributed by atoms with Gasteiger partial charge in [-0.15, -0.1) is 0 Å². The molecule has 1 N–H and O–H groups in total. The van der Waals surface area contributed by atoms with Gasteiger partial charge in [-0.3, -0.25) is 0 Å². The molecular formula is C25H24N4O3. The number of hydrogen-bond acceptors (Lipinski definition) is 4. The summed E-state index contributed by atoms with van der Waals surface area (Å²) in [7, 11) is 1.62. The van der Waals surface area contributed by atoms with Crippen molar-refractivity contribution in [1.82, 2.24) is 20.0 Å². The normalized spacial score (nSPS) is 16.0. The number of nitrogens with zero attached hydrogens (tertiary/aromatic N) is 3. The van der Waals surface area contributed by atoms with Gasteiger partial charge in [-0.2, -0.15) is 5.10 Å². The average molecular weight is 428 g/mol. The maximum atomic E-state index is 13.0. The minimum atomic E-state index is -0.719. The number of para-hydroxylation sites is 1. The molecule has 0 aliphatic carbocycles. The van der Waals surface area contributed by atoms with Gasteiger partial charge >= 0.3 is 12.0 Å². The third-order valence-electron chi connectivity index (χ3n) is 5.43. The lowest BCUT2D eigenvalue weighted by Gasteiger charge is -2.33. The third kappa shape index (κ3) is 3.92. The molecule has 0 saturated heterocycles. The number of esters is 1. The number of nitrogens with one attached hydrogen (secondary N) is 1. The van der Waals surface area contributed by atoms with Crippen LogP contribution in [-0.2, 0) is 9.53 Å². The van der Waals surface area contributed by atoms with Crippen LogP contribution in [0.4, 0.5) is 4.79 Å². The first-order valence-electron chi connectivity index (χ1n) is 10.2. The summed E-state index contributed by atoms with van der Waals surface area (Å²) in [6.45, 7) is 5.42. The Balaban J connectivity index is 1.89. The number of ether oxygens (including phenoxy) is 1. The van der Waals surface area contributed by atoms with E-state index in [9.17, 15) is 9.59 Å². The highest BCUT2D eigenvalue weighted by molar-refractivity contribution is 5.95.